The number of benzene rings is 2. The van der Waals surface area contributed by atoms with Crippen LogP contribution in [0.15, 0.2) is 85.3 Å². The Hall–Kier alpha value is -4.03. The number of carbonyl (C=O) groups excluding carboxylic acids is 1. The van der Waals surface area contributed by atoms with E-state index in [1.165, 1.54) is 28.8 Å². The molecule has 1 fully saturated rings. The van der Waals surface area contributed by atoms with E-state index < -0.39 is 5.91 Å². The van der Waals surface area contributed by atoms with Crippen LogP contribution < -0.4 is 5.73 Å². The van der Waals surface area contributed by atoms with Crippen molar-refractivity contribution < 1.29 is 9.18 Å². The molecule has 2 aliphatic heterocycles. The first kappa shape index (κ1) is 22.4. The van der Waals surface area contributed by atoms with Gasteiger partial charge in [0.15, 0.2) is 0 Å². The smallest absolute Gasteiger partial charge is 0.248 e. The summed E-state index contributed by atoms with van der Waals surface area (Å²) in [7, 11) is 0. The number of halogens is 1. The summed E-state index contributed by atoms with van der Waals surface area (Å²) >= 11 is 0. The van der Waals surface area contributed by atoms with E-state index in [1.807, 2.05) is 60.9 Å². The number of nitrogens with zero attached hydrogens (tertiary/aromatic N) is 2. The summed E-state index contributed by atoms with van der Waals surface area (Å²) in [5.74, 6) is -0.214. The highest BCUT2D eigenvalue weighted by Gasteiger charge is 2.34. The van der Waals surface area contributed by atoms with Crippen LogP contribution >= 0.6 is 0 Å². The van der Waals surface area contributed by atoms with E-state index in [4.69, 9.17) is 5.73 Å². The van der Waals surface area contributed by atoms with Gasteiger partial charge >= 0.3 is 0 Å². The number of pyridine rings is 1. The van der Waals surface area contributed by atoms with Gasteiger partial charge in [0.05, 0.1) is 5.69 Å². The van der Waals surface area contributed by atoms with Crippen molar-refractivity contribution in [1.29, 1.82) is 0 Å². The lowest BCUT2D eigenvalue weighted by atomic mass is 9.90. The number of hydrogen-bond acceptors (Lipinski definition) is 3. The number of amides is 1. The molecule has 180 valence electrons. The second kappa shape index (κ2) is 9.21. The lowest BCUT2D eigenvalue weighted by molar-refractivity contribution is 0.1000. The van der Waals surface area contributed by atoms with Gasteiger partial charge in [-0.2, -0.15) is 0 Å². The van der Waals surface area contributed by atoms with Crippen molar-refractivity contribution in [3.63, 3.8) is 0 Å². The fourth-order valence-corrected chi connectivity index (χ4v) is 5.67. The molecule has 36 heavy (non-hydrogen) atoms. The zero-order valence-electron chi connectivity index (χ0n) is 19.8. The van der Waals surface area contributed by atoms with Gasteiger partial charge in [-0.15, -0.1) is 0 Å². The Labute approximate surface area is 209 Å². The topological polar surface area (TPSA) is 75.0 Å². The Bertz CT molecular complexity index is 1420. The molecule has 0 bridgehead atoms. The Morgan fingerprint density at radius 2 is 1.75 bits per heavy atom. The monoisotopic (exact) mass is 478 g/mol. The summed E-state index contributed by atoms with van der Waals surface area (Å²) in [6.45, 7) is 2.01. The van der Waals surface area contributed by atoms with Crippen LogP contribution in [0.4, 0.5) is 4.39 Å². The maximum atomic E-state index is 13.6. The van der Waals surface area contributed by atoms with Gasteiger partial charge in [-0.3, -0.25) is 14.7 Å². The van der Waals surface area contributed by atoms with Crippen molar-refractivity contribution in [2.75, 3.05) is 13.1 Å². The molecule has 6 rings (SSSR count). The lowest BCUT2D eigenvalue weighted by Crippen LogP contribution is -2.32. The molecule has 3 N–H and O–H groups in total. The van der Waals surface area contributed by atoms with Gasteiger partial charge in [0, 0.05) is 54.4 Å². The molecule has 5 nitrogen and oxygen atoms in total. The number of carbonyl (C=O) groups is 1. The Morgan fingerprint density at radius 3 is 2.47 bits per heavy atom. The minimum Gasteiger partial charge on any atom is -0.366 e. The summed E-state index contributed by atoms with van der Waals surface area (Å²) in [6, 6.07) is 18.8. The van der Waals surface area contributed by atoms with Crippen LogP contribution in [0, 0.1) is 5.82 Å². The summed E-state index contributed by atoms with van der Waals surface area (Å²) in [6.07, 6.45) is 10.1. The second-order valence-corrected chi connectivity index (χ2v) is 9.62. The number of nitrogens with one attached hydrogen (secondary N) is 1. The van der Waals surface area contributed by atoms with Crippen LogP contribution in [0.3, 0.4) is 0 Å². The molecule has 0 saturated carbocycles. The summed E-state index contributed by atoms with van der Waals surface area (Å²) in [5, 5.41) is 0. The van der Waals surface area contributed by atoms with Gasteiger partial charge in [0.25, 0.3) is 0 Å². The third kappa shape index (κ3) is 4.14. The minimum absolute atomic E-state index is 0.244. The summed E-state index contributed by atoms with van der Waals surface area (Å²) in [5.41, 5.74) is 13.9. The molecule has 2 atom stereocenters. The van der Waals surface area contributed by atoms with E-state index in [1.54, 1.807) is 0 Å². The molecule has 4 heterocycles. The van der Waals surface area contributed by atoms with E-state index >= 15 is 0 Å². The van der Waals surface area contributed by atoms with Crippen LogP contribution in [0.1, 0.15) is 40.2 Å². The Balaban J connectivity index is 1.33. The zero-order valence-corrected chi connectivity index (χ0v) is 19.8. The molecule has 0 radical (unpaired) electrons. The molecule has 2 unspecified atom stereocenters. The number of rotatable bonds is 5. The van der Waals surface area contributed by atoms with Gasteiger partial charge in [0.2, 0.25) is 5.91 Å². The maximum Gasteiger partial charge on any atom is 0.248 e. The molecule has 2 aliphatic rings. The highest BCUT2D eigenvalue weighted by Crippen LogP contribution is 2.42. The van der Waals surface area contributed by atoms with E-state index in [0.717, 1.165) is 48.3 Å². The minimum atomic E-state index is -0.394. The molecule has 0 aliphatic carbocycles. The van der Waals surface area contributed by atoms with Crippen LogP contribution in [0.25, 0.3) is 28.0 Å². The van der Waals surface area contributed by atoms with E-state index in [2.05, 4.69) is 27.1 Å². The fraction of sp³-hybridized carbons (Fsp3) is 0.200. The first-order chi connectivity index (χ1) is 17.6. The molecule has 2 aromatic carbocycles. The third-order valence-corrected chi connectivity index (χ3v) is 7.51. The maximum absolute atomic E-state index is 13.6. The fourth-order valence-electron chi connectivity index (χ4n) is 5.67. The third-order valence-electron chi connectivity index (χ3n) is 7.51. The predicted octanol–water partition coefficient (Wildman–Crippen LogP) is 5.63. The number of aromatic nitrogens is 2. The molecular formula is C30H27FN4O. The average molecular weight is 479 g/mol. The van der Waals surface area contributed by atoms with Crippen LogP contribution in [0.2, 0.25) is 0 Å². The largest absolute Gasteiger partial charge is 0.366 e. The quantitative estimate of drug-likeness (QED) is 0.391. The number of fused-ring (bicyclic) bond motifs is 1. The van der Waals surface area contributed by atoms with Crippen LogP contribution in [-0.4, -0.2) is 39.9 Å². The number of nitrogens with two attached hydrogens (primary N) is 1. The first-order valence-electron chi connectivity index (χ1n) is 12.3. The SMILES string of the molecule is NC(=O)c1ccc(C2CC3C=C(c4c[nH]c(-c5ccc(F)cc5)c4-c4ccncc4)CCN3C2)cc1. The molecule has 1 amide bonds. The summed E-state index contributed by atoms with van der Waals surface area (Å²) < 4.78 is 13.6. The average Bonchev–Trinajstić information content (AvgIpc) is 3.54. The number of primary amides is 1. The molecule has 4 aromatic rings. The molecule has 1 saturated heterocycles. The van der Waals surface area contributed by atoms with Gasteiger partial charge in [-0.25, -0.2) is 4.39 Å². The molecule has 6 heteroatoms. The Kier molecular flexibility index (Phi) is 5.74. The number of aromatic amines is 1. The van der Waals surface area contributed by atoms with Gasteiger partial charge in [0.1, 0.15) is 5.82 Å². The van der Waals surface area contributed by atoms with Crippen LogP contribution in [-0.2, 0) is 0 Å². The molecule has 0 spiro atoms. The second-order valence-electron chi connectivity index (χ2n) is 9.62. The van der Waals surface area contributed by atoms with E-state index in [9.17, 15) is 9.18 Å². The van der Waals surface area contributed by atoms with Crippen molar-refractivity contribution in [3.05, 3.63) is 108 Å². The normalized spacial score (nSPS) is 19.6. The number of hydrogen-bond donors (Lipinski definition) is 2. The highest BCUT2D eigenvalue weighted by atomic mass is 19.1. The van der Waals surface area contributed by atoms with Gasteiger partial charge < -0.3 is 10.7 Å². The van der Waals surface area contributed by atoms with Gasteiger partial charge in [-0.1, -0.05) is 18.2 Å². The standard InChI is InChI=1S/C30H27FN4O/c31-25-7-5-21(6-8-25)29-28(20-9-12-33-13-10-20)27(17-34-29)23-11-14-35-18-24(16-26(35)15-23)19-1-3-22(4-2-19)30(32)36/h1-10,12-13,15,17,24,26,34H,11,14,16,18H2,(H2,32,36). The molecule has 2 aromatic heterocycles. The number of H-pyrrole nitrogens is 1. The van der Waals surface area contributed by atoms with E-state index in [-0.39, 0.29) is 5.82 Å². The summed E-state index contributed by atoms with van der Waals surface area (Å²) in [4.78, 5) is 21.7. The van der Waals surface area contributed by atoms with Crippen molar-refractivity contribution in [2.45, 2.75) is 24.8 Å². The van der Waals surface area contributed by atoms with Crippen molar-refractivity contribution in [1.82, 2.24) is 14.9 Å². The van der Waals surface area contributed by atoms with Crippen molar-refractivity contribution in [3.8, 4) is 22.4 Å². The molecular weight excluding hydrogens is 451 g/mol. The highest BCUT2D eigenvalue weighted by molar-refractivity contribution is 5.93. The predicted molar refractivity (Wildman–Crippen MR) is 140 cm³/mol. The van der Waals surface area contributed by atoms with E-state index in [0.29, 0.717) is 17.5 Å². The lowest BCUT2D eigenvalue weighted by Gasteiger charge is -2.28. The van der Waals surface area contributed by atoms with Gasteiger partial charge in [-0.05, 0) is 89.6 Å². The first-order valence-corrected chi connectivity index (χ1v) is 12.3. The Morgan fingerprint density at radius 1 is 1.00 bits per heavy atom. The van der Waals surface area contributed by atoms with Crippen molar-refractivity contribution >= 4 is 11.5 Å². The van der Waals surface area contributed by atoms with Crippen LogP contribution in [0.5, 0.6) is 0 Å². The van der Waals surface area contributed by atoms with Crippen molar-refractivity contribution in [2.24, 2.45) is 5.73 Å². The zero-order chi connectivity index (χ0) is 24.6.